The first-order valence-electron chi connectivity index (χ1n) is 7.36. The highest BCUT2D eigenvalue weighted by Crippen LogP contribution is 2.37. The Morgan fingerprint density at radius 2 is 1.70 bits per heavy atom. The van der Waals surface area contributed by atoms with Gasteiger partial charge in [0.15, 0.2) is 17.1 Å². The molecule has 160 valence electrons. The lowest BCUT2D eigenvalue weighted by Gasteiger charge is -2.05. The molecular weight excluding hydrogens is 520 g/mol. The number of hydrogen-bond donors (Lipinski definition) is 2. The summed E-state index contributed by atoms with van der Waals surface area (Å²) in [4.78, 5) is 3.92. The van der Waals surface area contributed by atoms with Crippen molar-refractivity contribution < 1.29 is 47.5 Å². The molecule has 0 spiro atoms. The molecule has 0 bridgehead atoms. The Hall–Kier alpha value is -2.59. The Balaban J connectivity index is 2.17. The summed E-state index contributed by atoms with van der Waals surface area (Å²) >= 11 is 3.07. The van der Waals surface area contributed by atoms with Crippen LogP contribution in [0.4, 0.5) is 8.78 Å². The monoisotopic (exact) mass is 527 g/mol. The molecule has 0 saturated heterocycles. The molecule has 1 aromatic heterocycles. The van der Waals surface area contributed by atoms with E-state index >= 15 is 0 Å². The largest absolute Gasteiger partial charge is 0.446 e. The van der Waals surface area contributed by atoms with Crippen molar-refractivity contribution in [2.75, 3.05) is 0 Å². The van der Waals surface area contributed by atoms with Gasteiger partial charge in [-0.25, -0.2) is 9.37 Å². The van der Waals surface area contributed by atoms with Crippen LogP contribution in [-0.2, 0) is 20.8 Å². The second-order valence-corrected chi connectivity index (χ2v) is 8.51. The van der Waals surface area contributed by atoms with Gasteiger partial charge in [0, 0.05) is 16.1 Å². The minimum atomic E-state index is -5.09. The normalized spacial score (nSPS) is 12.2. The average Bonchev–Trinajstić information content (AvgIpc) is 2.99. The van der Waals surface area contributed by atoms with Gasteiger partial charge in [-0.15, -0.1) is 0 Å². The molecule has 30 heavy (non-hydrogen) atoms. The van der Waals surface area contributed by atoms with E-state index in [0.29, 0.717) is 6.07 Å². The topological polar surface area (TPSA) is 153 Å². The van der Waals surface area contributed by atoms with Crippen LogP contribution in [0.1, 0.15) is 5.56 Å². The minimum Gasteiger partial charge on any atom is -0.435 e. The smallest absolute Gasteiger partial charge is 0.435 e. The number of aromatic nitrogens is 1. The lowest BCUT2D eigenvalue weighted by molar-refractivity contribution is 0.370. The number of rotatable bonds is 6. The van der Waals surface area contributed by atoms with Crippen molar-refractivity contribution in [3.63, 3.8) is 0 Å². The van der Waals surface area contributed by atoms with Gasteiger partial charge in [0.2, 0.25) is 11.7 Å². The van der Waals surface area contributed by atoms with Crippen LogP contribution in [-0.4, -0.2) is 30.9 Å². The third kappa shape index (κ3) is 4.76. The van der Waals surface area contributed by atoms with Crippen molar-refractivity contribution >= 4 is 52.3 Å². The molecule has 0 saturated carbocycles. The SMILES string of the molecule is C=C(Br)c1cc(OS(=O)(=O)O)cc2nc(-c3ccc(OS(=O)(=O)O)c(F)c3F)oc12. The molecule has 3 aromatic rings. The Bertz CT molecular complexity index is 1400. The van der Waals surface area contributed by atoms with Gasteiger partial charge in [-0.1, -0.05) is 22.5 Å². The molecule has 0 atom stereocenters. The van der Waals surface area contributed by atoms with E-state index < -0.39 is 49.6 Å². The van der Waals surface area contributed by atoms with Crippen LogP contribution in [0.5, 0.6) is 11.5 Å². The molecule has 0 aliphatic rings. The molecule has 0 fully saturated rings. The number of oxazole rings is 1. The number of benzene rings is 2. The summed E-state index contributed by atoms with van der Waals surface area (Å²) in [6, 6.07) is 3.76. The fourth-order valence-electron chi connectivity index (χ4n) is 2.37. The first-order valence-corrected chi connectivity index (χ1v) is 10.9. The summed E-state index contributed by atoms with van der Waals surface area (Å²) < 4.78 is 103. The summed E-state index contributed by atoms with van der Waals surface area (Å²) in [6.45, 7) is 3.60. The van der Waals surface area contributed by atoms with Gasteiger partial charge in [-0.2, -0.15) is 21.2 Å². The molecule has 1 heterocycles. The van der Waals surface area contributed by atoms with Crippen molar-refractivity contribution in [3.8, 4) is 23.0 Å². The van der Waals surface area contributed by atoms with E-state index in [0.717, 1.165) is 18.2 Å². The number of fused-ring (bicyclic) bond motifs is 1. The van der Waals surface area contributed by atoms with Crippen molar-refractivity contribution in [2.24, 2.45) is 0 Å². The van der Waals surface area contributed by atoms with E-state index in [1.54, 1.807) is 0 Å². The molecule has 2 aromatic carbocycles. The van der Waals surface area contributed by atoms with Crippen LogP contribution in [0.2, 0.25) is 0 Å². The van der Waals surface area contributed by atoms with E-state index in [2.05, 4.69) is 35.9 Å². The molecule has 0 aliphatic heterocycles. The molecular formula is C15H8BrF2NO9S2. The first kappa shape index (κ1) is 22.1. The summed E-state index contributed by atoms with van der Waals surface area (Å²) in [5.74, 6) is -5.29. The maximum atomic E-state index is 14.4. The molecule has 10 nitrogen and oxygen atoms in total. The minimum absolute atomic E-state index is 0.0207. The van der Waals surface area contributed by atoms with Crippen LogP contribution in [0.25, 0.3) is 27.0 Å². The maximum Gasteiger partial charge on any atom is 0.446 e. The van der Waals surface area contributed by atoms with Crippen molar-refractivity contribution in [2.45, 2.75) is 0 Å². The fourth-order valence-corrected chi connectivity index (χ4v) is 3.36. The molecule has 0 amide bonds. The average molecular weight is 528 g/mol. The van der Waals surface area contributed by atoms with Gasteiger partial charge in [0.25, 0.3) is 0 Å². The van der Waals surface area contributed by atoms with Crippen LogP contribution < -0.4 is 8.37 Å². The van der Waals surface area contributed by atoms with Gasteiger partial charge < -0.3 is 12.8 Å². The number of nitrogens with zero attached hydrogens (tertiary/aromatic N) is 1. The summed E-state index contributed by atoms with van der Waals surface area (Å²) in [5.41, 5.74) is -0.515. The molecule has 0 radical (unpaired) electrons. The van der Waals surface area contributed by atoms with Gasteiger partial charge >= 0.3 is 20.8 Å². The lowest BCUT2D eigenvalue weighted by Crippen LogP contribution is -2.08. The fraction of sp³-hybridized carbons (Fsp3) is 0. The highest BCUT2D eigenvalue weighted by molar-refractivity contribution is 9.15. The summed E-state index contributed by atoms with van der Waals surface area (Å²) in [6.07, 6.45) is 0. The van der Waals surface area contributed by atoms with Crippen LogP contribution >= 0.6 is 15.9 Å². The van der Waals surface area contributed by atoms with Crippen molar-refractivity contribution in [3.05, 3.63) is 48.0 Å². The zero-order valence-corrected chi connectivity index (χ0v) is 17.4. The standard InChI is InChI=1S/C15H8BrF2NO9S2/c1-6(16)9-4-7(27-29(20,21)22)5-10-14(9)26-15(19-10)8-2-3-11(13(18)12(8)17)28-30(23,24)25/h2-5H,1H2,(H,20,21,22)(H,23,24,25). The Morgan fingerprint density at radius 3 is 2.27 bits per heavy atom. The predicted molar refractivity (Wildman–Crippen MR) is 102 cm³/mol. The summed E-state index contributed by atoms with van der Waals surface area (Å²) in [5, 5.41) is 0. The molecule has 2 N–H and O–H groups in total. The molecule has 3 rings (SSSR count). The predicted octanol–water partition coefficient (Wildman–Crippen LogP) is 3.50. The van der Waals surface area contributed by atoms with Crippen LogP contribution in [0, 0.1) is 11.6 Å². The van der Waals surface area contributed by atoms with E-state index in [1.807, 2.05) is 0 Å². The van der Waals surface area contributed by atoms with Gasteiger partial charge in [-0.05, 0) is 18.2 Å². The first-order chi connectivity index (χ1) is 13.7. The van der Waals surface area contributed by atoms with Crippen LogP contribution in [0.3, 0.4) is 0 Å². The second-order valence-electron chi connectivity index (χ2n) is 5.50. The highest BCUT2D eigenvalue weighted by Gasteiger charge is 2.24. The van der Waals surface area contributed by atoms with E-state index in [9.17, 15) is 25.6 Å². The van der Waals surface area contributed by atoms with Gasteiger partial charge in [0.05, 0.1) is 5.56 Å². The zero-order valence-electron chi connectivity index (χ0n) is 14.2. The molecule has 15 heteroatoms. The van der Waals surface area contributed by atoms with E-state index in [1.165, 1.54) is 0 Å². The third-order valence-electron chi connectivity index (χ3n) is 3.43. The number of halogens is 3. The number of hydrogen-bond acceptors (Lipinski definition) is 8. The van der Waals surface area contributed by atoms with Crippen molar-refractivity contribution in [1.29, 1.82) is 0 Å². The van der Waals surface area contributed by atoms with Crippen molar-refractivity contribution in [1.82, 2.24) is 4.98 Å². The molecule has 0 unspecified atom stereocenters. The van der Waals surface area contributed by atoms with Gasteiger partial charge in [0.1, 0.15) is 11.3 Å². The quantitative estimate of drug-likeness (QED) is 0.455. The third-order valence-corrected chi connectivity index (χ3v) is 4.65. The highest BCUT2D eigenvalue weighted by atomic mass is 79.9. The van der Waals surface area contributed by atoms with Gasteiger partial charge in [-0.3, -0.25) is 9.11 Å². The van der Waals surface area contributed by atoms with E-state index in [4.69, 9.17) is 13.5 Å². The summed E-state index contributed by atoms with van der Waals surface area (Å²) in [7, 11) is -9.96. The lowest BCUT2D eigenvalue weighted by atomic mass is 10.2. The Kier molecular flexibility index (Phi) is 5.59. The van der Waals surface area contributed by atoms with Crippen LogP contribution in [0.15, 0.2) is 35.3 Å². The molecule has 0 aliphatic carbocycles. The Morgan fingerprint density at radius 1 is 1.07 bits per heavy atom. The zero-order chi connectivity index (χ0) is 22.4. The van der Waals surface area contributed by atoms with E-state index in [-0.39, 0.29) is 26.9 Å². The Labute approximate surface area is 175 Å². The second kappa shape index (κ2) is 7.59. The maximum absolute atomic E-state index is 14.4.